The molecule has 0 bridgehead atoms. The standard InChI is InChI=1S/C20H24ClN5O2S/c1-3-4-5-6-11-26-19(15-7-9-16(21)10-8-15)23-24-20(26)29-13-17(27)22-18-12-14(2)25-28-18/h7-10,12H,3-6,11,13H2,1-2H3,(H,22,27). The van der Waals surface area contributed by atoms with Gasteiger partial charge in [0.1, 0.15) is 0 Å². The summed E-state index contributed by atoms with van der Waals surface area (Å²) in [6, 6.07) is 9.22. The Labute approximate surface area is 179 Å². The number of thioether (sulfide) groups is 1. The molecule has 0 saturated carbocycles. The average molecular weight is 434 g/mol. The van der Waals surface area contributed by atoms with E-state index in [1.165, 1.54) is 24.6 Å². The van der Waals surface area contributed by atoms with E-state index >= 15 is 0 Å². The Morgan fingerprint density at radius 1 is 1.21 bits per heavy atom. The van der Waals surface area contributed by atoms with Gasteiger partial charge in [0.15, 0.2) is 11.0 Å². The molecule has 2 aromatic heterocycles. The van der Waals surface area contributed by atoms with Crippen molar-refractivity contribution in [2.45, 2.75) is 51.2 Å². The molecule has 7 nitrogen and oxygen atoms in total. The van der Waals surface area contributed by atoms with E-state index in [0.717, 1.165) is 35.9 Å². The van der Waals surface area contributed by atoms with Crippen LogP contribution in [0, 0.1) is 6.92 Å². The molecule has 0 fully saturated rings. The zero-order valence-electron chi connectivity index (χ0n) is 16.5. The summed E-state index contributed by atoms with van der Waals surface area (Å²) in [5.74, 6) is 1.15. The van der Waals surface area contributed by atoms with E-state index in [4.69, 9.17) is 16.1 Å². The monoisotopic (exact) mass is 433 g/mol. The molecule has 1 aromatic carbocycles. The molecule has 0 unspecified atom stereocenters. The summed E-state index contributed by atoms with van der Waals surface area (Å²) in [4.78, 5) is 12.2. The lowest BCUT2D eigenvalue weighted by Crippen LogP contribution is -2.14. The highest BCUT2D eigenvalue weighted by molar-refractivity contribution is 7.99. The summed E-state index contributed by atoms with van der Waals surface area (Å²) in [6.45, 7) is 4.79. The lowest BCUT2D eigenvalue weighted by molar-refractivity contribution is -0.113. The summed E-state index contributed by atoms with van der Waals surface area (Å²) in [5, 5.41) is 16.5. The Bertz CT molecular complexity index is 939. The molecule has 1 N–H and O–H groups in total. The van der Waals surface area contributed by atoms with Gasteiger partial charge >= 0.3 is 0 Å². The Balaban J connectivity index is 1.70. The topological polar surface area (TPSA) is 85.8 Å². The van der Waals surface area contributed by atoms with Gasteiger partial charge in [-0.2, -0.15) is 0 Å². The van der Waals surface area contributed by atoms with E-state index in [2.05, 4.69) is 32.2 Å². The zero-order chi connectivity index (χ0) is 20.6. The first-order valence-corrected chi connectivity index (χ1v) is 11.0. The number of hydrogen-bond donors (Lipinski definition) is 1. The van der Waals surface area contributed by atoms with Crippen LogP contribution in [-0.2, 0) is 11.3 Å². The number of unbranched alkanes of at least 4 members (excludes halogenated alkanes) is 3. The van der Waals surface area contributed by atoms with E-state index in [9.17, 15) is 4.79 Å². The number of nitrogens with one attached hydrogen (secondary N) is 1. The molecule has 29 heavy (non-hydrogen) atoms. The first-order valence-electron chi connectivity index (χ1n) is 9.62. The summed E-state index contributed by atoms with van der Waals surface area (Å²) in [7, 11) is 0. The fourth-order valence-corrected chi connectivity index (χ4v) is 3.72. The molecule has 3 rings (SSSR count). The molecular weight excluding hydrogens is 410 g/mol. The van der Waals surface area contributed by atoms with Gasteiger partial charge in [-0.15, -0.1) is 10.2 Å². The summed E-state index contributed by atoms with van der Waals surface area (Å²) < 4.78 is 7.10. The van der Waals surface area contributed by atoms with E-state index in [1.54, 1.807) is 13.0 Å². The van der Waals surface area contributed by atoms with Crippen LogP contribution < -0.4 is 5.32 Å². The van der Waals surface area contributed by atoms with Crippen LogP contribution >= 0.6 is 23.4 Å². The highest BCUT2D eigenvalue weighted by atomic mass is 35.5. The van der Waals surface area contributed by atoms with Gasteiger partial charge in [-0.3, -0.25) is 10.1 Å². The molecule has 0 aliphatic carbocycles. The quantitative estimate of drug-likeness (QED) is 0.349. The molecule has 1 amide bonds. The Morgan fingerprint density at radius 3 is 2.69 bits per heavy atom. The number of amides is 1. The van der Waals surface area contributed by atoms with Crippen LogP contribution in [0.5, 0.6) is 0 Å². The van der Waals surface area contributed by atoms with Crippen molar-refractivity contribution in [1.29, 1.82) is 0 Å². The maximum absolute atomic E-state index is 12.2. The van der Waals surface area contributed by atoms with Gasteiger partial charge in [0.25, 0.3) is 0 Å². The van der Waals surface area contributed by atoms with Crippen LogP contribution in [0.2, 0.25) is 5.02 Å². The lowest BCUT2D eigenvalue weighted by atomic mass is 10.2. The second-order valence-corrected chi connectivity index (χ2v) is 8.07. The van der Waals surface area contributed by atoms with Gasteiger partial charge in [0.2, 0.25) is 11.8 Å². The third-order valence-electron chi connectivity index (χ3n) is 4.28. The molecule has 0 aliphatic rings. The number of anilines is 1. The van der Waals surface area contributed by atoms with Crippen molar-refractivity contribution in [2.75, 3.05) is 11.1 Å². The van der Waals surface area contributed by atoms with Gasteiger partial charge in [-0.25, -0.2) is 0 Å². The minimum absolute atomic E-state index is 0.181. The second-order valence-electron chi connectivity index (χ2n) is 6.69. The third-order valence-corrected chi connectivity index (χ3v) is 5.50. The number of aromatic nitrogens is 4. The van der Waals surface area contributed by atoms with Crippen molar-refractivity contribution in [2.24, 2.45) is 0 Å². The highest BCUT2D eigenvalue weighted by Crippen LogP contribution is 2.26. The maximum atomic E-state index is 12.2. The minimum Gasteiger partial charge on any atom is -0.338 e. The molecule has 0 aliphatic heterocycles. The highest BCUT2D eigenvalue weighted by Gasteiger charge is 2.16. The molecule has 9 heteroatoms. The first-order chi connectivity index (χ1) is 14.1. The Hall–Kier alpha value is -2.32. The molecule has 0 saturated heterocycles. The van der Waals surface area contributed by atoms with Gasteiger partial charge in [0.05, 0.1) is 11.4 Å². The van der Waals surface area contributed by atoms with E-state index in [-0.39, 0.29) is 11.7 Å². The fourth-order valence-electron chi connectivity index (χ4n) is 2.83. The summed E-state index contributed by atoms with van der Waals surface area (Å²) in [5.41, 5.74) is 1.67. The van der Waals surface area contributed by atoms with Crippen molar-refractivity contribution in [3.8, 4) is 11.4 Å². The van der Waals surface area contributed by atoms with Gasteiger partial charge < -0.3 is 9.09 Å². The van der Waals surface area contributed by atoms with Crippen molar-refractivity contribution in [1.82, 2.24) is 19.9 Å². The molecule has 154 valence electrons. The number of carbonyl (C=O) groups excluding carboxylic acids is 1. The van der Waals surface area contributed by atoms with Gasteiger partial charge in [0, 0.05) is 23.2 Å². The fraction of sp³-hybridized carbons (Fsp3) is 0.400. The van der Waals surface area contributed by atoms with Crippen LogP contribution in [0.25, 0.3) is 11.4 Å². The SMILES string of the molecule is CCCCCCn1c(SCC(=O)Nc2cc(C)no2)nnc1-c1ccc(Cl)cc1. The molecule has 0 spiro atoms. The maximum Gasteiger partial charge on any atom is 0.237 e. The molecular formula is C20H24ClN5O2S. The number of aryl methyl sites for hydroxylation is 1. The van der Waals surface area contributed by atoms with Gasteiger partial charge in [-0.05, 0) is 37.6 Å². The molecule has 3 aromatic rings. The van der Waals surface area contributed by atoms with Crippen molar-refractivity contribution in [3.05, 3.63) is 41.0 Å². The van der Waals surface area contributed by atoms with Crippen LogP contribution in [-0.4, -0.2) is 31.6 Å². The van der Waals surface area contributed by atoms with Crippen LogP contribution in [0.3, 0.4) is 0 Å². The predicted octanol–water partition coefficient (Wildman–Crippen LogP) is 5.21. The van der Waals surface area contributed by atoms with Crippen molar-refractivity contribution < 1.29 is 9.32 Å². The number of benzene rings is 1. The number of halogens is 1. The predicted molar refractivity (Wildman–Crippen MR) is 115 cm³/mol. The summed E-state index contributed by atoms with van der Waals surface area (Å²) >= 11 is 7.36. The number of rotatable bonds is 10. The first kappa shape index (κ1) is 21.4. The normalized spacial score (nSPS) is 11.0. The lowest BCUT2D eigenvalue weighted by Gasteiger charge is -2.10. The third kappa shape index (κ3) is 6.08. The molecule has 2 heterocycles. The molecule has 0 radical (unpaired) electrons. The number of nitrogens with zero attached hydrogens (tertiary/aromatic N) is 4. The number of carbonyl (C=O) groups is 1. The minimum atomic E-state index is -0.181. The molecule has 0 atom stereocenters. The van der Waals surface area contributed by atoms with E-state index in [1.807, 2.05) is 24.3 Å². The van der Waals surface area contributed by atoms with Gasteiger partial charge in [-0.1, -0.05) is 54.7 Å². The number of hydrogen-bond acceptors (Lipinski definition) is 6. The second kappa shape index (κ2) is 10.5. The van der Waals surface area contributed by atoms with Crippen LogP contribution in [0.15, 0.2) is 40.0 Å². The van der Waals surface area contributed by atoms with Crippen molar-refractivity contribution >= 4 is 35.2 Å². The van der Waals surface area contributed by atoms with E-state index < -0.39 is 0 Å². The Morgan fingerprint density at radius 2 is 2.00 bits per heavy atom. The van der Waals surface area contributed by atoms with E-state index in [0.29, 0.717) is 16.6 Å². The van der Waals surface area contributed by atoms with Crippen LogP contribution in [0.4, 0.5) is 5.88 Å². The van der Waals surface area contributed by atoms with Crippen LogP contribution in [0.1, 0.15) is 38.3 Å². The zero-order valence-corrected chi connectivity index (χ0v) is 18.1. The van der Waals surface area contributed by atoms with Crippen molar-refractivity contribution in [3.63, 3.8) is 0 Å². The average Bonchev–Trinajstić information content (AvgIpc) is 3.30. The summed E-state index contributed by atoms with van der Waals surface area (Å²) in [6.07, 6.45) is 4.54. The smallest absolute Gasteiger partial charge is 0.237 e. The Kier molecular flexibility index (Phi) is 7.71. The largest absolute Gasteiger partial charge is 0.338 e.